The molecule has 0 aliphatic carbocycles. The third-order valence-corrected chi connectivity index (χ3v) is 2.07. The summed E-state index contributed by atoms with van der Waals surface area (Å²) < 4.78 is 24.7. The van der Waals surface area contributed by atoms with Gasteiger partial charge in [-0.15, -0.1) is 0 Å². The number of anilines is 1. The molecule has 0 atom stereocenters. The van der Waals surface area contributed by atoms with E-state index in [1.165, 1.54) is 6.07 Å². The van der Waals surface area contributed by atoms with Gasteiger partial charge in [-0.05, 0) is 34.5 Å². The number of aryl methyl sites for hydroxylation is 1. The summed E-state index contributed by atoms with van der Waals surface area (Å²) >= 11 is 2.98. The summed E-state index contributed by atoms with van der Waals surface area (Å²) in [6.07, 6.45) is -2.60. The van der Waals surface area contributed by atoms with Gasteiger partial charge in [0.1, 0.15) is 11.5 Å². The summed E-state index contributed by atoms with van der Waals surface area (Å²) in [5, 5.41) is 0. The Kier molecular flexibility index (Phi) is 2.62. The minimum absolute atomic E-state index is 0.147. The first kappa shape index (κ1) is 9.38. The third-order valence-electron chi connectivity index (χ3n) is 1.44. The minimum Gasteiger partial charge on any atom is -0.383 e. The Labute approximate surface area is 76.9 Å². The molecule has 0 fully saturated rings. The maximum Gasteiger partial charge on any atom is 0.281 e. The Morgan fingerprint density at radius 1 is 1.58 bits per heavy atom. The molecule has 1 aromatic heterocycles. The molecule has 0 saturated carbocycles. The molecule has 2 N–H and O–H groups in total. The van der Waals surface area contributed by atoms with Gasteiger partial charge in [0.2, 0.25) is 0 Å². The van der Waals surface area contributed by atoms with Crippen LogP contribution >= 0.6 is 15.9 Å². The zero-order chi connectivity index (χ0) is 9.30. The van der Waals surface area contributed by atoms with Crippen LogP contribution < -0.4 is 5.73 Å². The highest BCUT2D eigenvalue weighted by Gasteiger charge is 2.14. The lowest BCUT2D eigenvalue weighted by atomic mass is 10.2. The molecule has 0 radical (unpaired) electrons. The third kappa shape index (κ3) is 1.72. The van der Waals surface area contributed by atoms with E-state index in [1.54, 1.807) is 6.92 Å². The number of hydrogen-bond donors (Lipinski definition) is 1. The standard InChI is InChI=1S/C7H7BrF2N2/c1-3-2-4(8)5(6(9)10)12-7(3)11/h2,6H,1H3,(H2,11,12). The van der Waals surface area contributed by atoms with Gasteiger partial charge in [-0.2, -0.15) is 0 Å². The maximum atomic E-state index is 12.2. The van der Waals surface area contributed by atoms with Crippen molar-refractivity contribution in [3.05, 3.63) is 21.8 Å². The number of nitrogens with two attached hydrogens (primary N) is 1. The van der Waals surface area contributed by atoms with Gasteiger partial charge >= 0.3 is 0 Å². The lowest BCUT2D eigenvalue weighted by molar-refractivity contribution is 0.145. The average molecular weight is 237 g/mol. The molecule has 0 amide bonds. The van der Waals surface area contributed by atoms with E-state index in [4.69, 9.17) is 5.73 Å². The van der Waals surface area contributed by atoms with Crippen molar-refractivity contribution in [3.63, 3.8) is 0 Å². The van der Waals surface area contributed by atoms with Crippen molar-refractivity contribution in [2.75, 3.05) is 5.73 Å². The number of halogens is 3. The monoisotopic (exact) mass is 236 g/mol. The Balaban J connectivity index is 3.23. The van der Waals surface area contributed by atoms with Crippen LogP contribution in [0.3, 0.4) is 0 Å². The Morgan fingerprint density at radius 3 is 2.67 bits per heavy atom. The molecule has 0 saturated heterocycles. The van der Waals surface area contributed by atoms with Crippen LogP contribution in [0.5, 0.6) is 0 Å². The fraction of sp³-hybridized carbons (Fsp3) is 0.286. The van der Waals surface area contributed by atoms with Crippen molar-refractivity contribution in [1.82, 2.24) is 4.98 Å². The highest BCUT2D eigenvalue weighted by atomic mass is 79.9. The van der Waals surface area contributed by atoms with Gasteiger partial charge in [0.25, 0.3) is 6.43 Å². The van der Waals surface area contributed by atoms with E-state index < -0.39 is 6.43 Å². The lowest BCUT2D eigenvalue weighted by Crippen LogP contribution is -2.00. The number of nitrogen functional groups attached to an aromatic ring is 1. The van der Waals surface area contributed by atoms with Crippen LogP contribution in [0.25, 0.3) is 0 Å². The first-order valence-corrected chi connectivity index (χ1v) is 4.02. The predicted octanol–water partition coefficient (Wildman–Crippen LogP) is 2.67. The number of nitrogens with zero attached hydrogens (tertiary/aromatic N) is 1. The second-order valence-corrected chi connectivity index (χ2v) is 3.21. The molecule has 0 aliphatic heterocycles. The molecule has 0 aromatic carbocycles. The largest absolute Gasteiger partial charge is 0.383 e. The van der Waals surface area contributed by atoms with Gasteiger partial charge in [-0.1, -0.05) is 0 Å². The van der Waals surface area contributed by atoms with Crippen LogP contribution in [-0.2, 0) is 0 Å². The van der Waals surface area contributed by atoms with Crippen LogP contribution in [0.15, 0.2) is 10.5 Å². The molecular weight excluding hydrogens is 230 g/mol. The van der Waals surface area contributed by atoms with Gasteiger partial charge in [0, 0.05) is 4.47 Å². The molecule has 0 aliphatic rings. The Morgan fingerprint density at radius 2 is 2.17 bits per heavy atom. The SMILES string of the molecule is Cc1cc(Br)c(C(F)F)nc1N. The van der Waals surface area contributed by atoms with Crippen molar-refractivity contribution < 1.29 is 8.78 Å². The number of alkyl halides is 2. The molecule has 5 heteroatoms. The van der Waals surface area contributed by atoms with E-state index in [2.05, 4.69) is 20.9 Å². The van der Waals surface area contributed by atoms with Crippen molar-refractivity contribution in [1.29, 1.82) is 0 Å². The maximum absolute atomic E-state index is 12.2. The number of hydrogen-bond acceptors (Lipinski definition) is 2. The van der Waals surface area contributed by atoms with E-state index in [0.29, 0.717) is 10.0 Å². The summed E-state index contributed by atoms with van der Waals surface area (Å²) in [5.74, 6) is 0.147. The predicted molar refractivity (Wildman–Crippen MR) is 46.0 cm³/mol. The first-order chi connectivity index (χ1) is 5.52. The van der Waals surface area contributed by atoms with Crippen molar-refractivity contribution >= 4 is 21.7 Å². The molecule has 66 valence electrons. The van der Waals surface area contributed by atoms with Gasteiger partial charge in [0.15, 0.2) is 0 Å². The summed E-state index contributed by atoms with van der Waals surface area (Å²) in [5.41, 5.74) is 5.74. The molecular formula is C7H7BrF2N2. The number of rotatable bonds is 1. The fourth-order valence-corrected chi connectivity index (χ4v) is 1.37. The summed E-state index contributed by atoms with van der Waals surface area (Å²) in [6, 6.07) is 1.53. The van der Waals surface area contributed by atoms with E-state index in [0.717, 1.165) is 0 Å². The van der Waals surface area contributed by atoms with Gasteiger partial charge in [0.05, 0.1) is 0 Å². The van der Waals surface area contributed by atoms with Crippen molar-refractivity contribution in [2.24, 2.45) is 0 Å². The van der Waals surface area contributed by atoms with Crippen molar-refractivity contribution in [3.8, 4) is 0 Å². The van der Waals surface area contributed by atoms with E-state index in [9.17, 15) is 8.78 Å². The fourth-order valence-electron chi connectivity index (χ4n) is 0.762. The second-order valence-electron chi connectivity index (χ2n) is 2.36. The first-order valence-electron chi connectivity index (χ1n) is 3.23. The number of pyridine rings is 1. The highest BCUT2D eigenvalue weighted by molar-refractivity contribution is 9.10. The lowest BCUT2D eigenvalue weighted by Gasteiger charge is -2.05. The second kappa shape index (κ2) is 3.35. The molecule has 12 heavy (non-hydrogen) atoms. The zero-order valence-corrected chi connectivity index (χ0v) is 7.90. The molecule has 0 unspecified atom stereocenters. The highest BCUT2D eigenvalue weighted by Crippen LogP contribution is 2.27. The van der Waals surface area contributed by atoms with Crippen molar-refractivity contribution in [2.45, 2.75) is 13.3 Å². The van der Waals surface area contributed by atoms with Crippen LogP contribution in [0.4, 0.5) is 14.6 Å². The average Bonchev–Trinajstić information content (AvgIpc) is 1.96. The molecule has 1 heterocycles. The summed E-state index contributed by atoms with van der Waals surface area (Å²) in [4.78, 5) is 3.55. The summed E-state index contributed by atoms with van der Waals surface area (Å²) in [6.45, 7) is 1.71. The molecule has 1 rings (SSSR count). The van der Waals surface area contributed by atoms with E-state index in [-0.39, 0.29) is 11.5 Å². The van der Waals surface area contributed by atoms with Gasteiger partial charge < -0.3 is 5.73 Å². The summed E-state index contributed by atoms with van der Waals surface area (Å²) in [7, 11) is 0. The normalized spacial score (nSPS) is 10.8. The Hall–Kier alpha value is -0.710. The van der Waals surface area contributed by atoms with Crippen LogP contribution in [-0.4, -0.2) is 4.98 Å². The number of aromatic nitrogens is 1. The zero-order valence-electron chi connectivity index (χ0n) is 6.31. The van der Waals surface area contributed by atoms with E-state index >= 15 is 0 Å². The smallest absolute Gasteiger partial charge is 0.281 e. The van der Waals surface area contributed by atoms with E-state index in [1.807, 2.05) is 0 Å². The molecule has 0 bridgehead atoms. The molecule has 1 aromatic rings. The van der Waals surface area contributed by atoms with Crippen LogP contribution in [0, 0.1) is 6.92 Å². The quantitative estimate of drug-likeness (QED) is 0.815. The van der Waals surface area contributed by atoms with Crippen LogP contribution in [0.1, 0.15) is 17.7 Å². The molecule has 0 spiro atoms. The van der Waals surface area contributed by atoms with Gasteiger partial charge in [-0.3, -0.25) is 0 Å². The van der Waals surface area contributed by atoms with Crippen LogP contribution in [0.2, 0.25) is 0 Å². The minimum atomic E-state index is -2.60. The Bertz CT molecular complexity index is 302. The molecule has 2 nitrogen and oxygen atoms in total. The van der Waals surface area contributed by atoms with Gasteiger partial charge in [-0.25, -0.2) is 13.8 Å². The topological polar surface area (TPSA) is 38.9 Å².